The third kappa shape index (κ3) is 4.86. The highest BCUT2D eigenvalue weighted by Gasteiger charge is 2.28. The number of aliphatic hydroxyl groups is 1. The minimum atomic E-state index is -0.204. The molecule has 1 amide bonds. The van der Waals surface area contributed by atoms with Gasteiger partial charge in [0.05, 0.1) is 34.3 Å². The second kappa shape index (κ2) is 10.0. The summed E-state index contributed by atoms with van der Waals surface area (Å²) in [4.78, 5) is 26.5. The van der Waals surface area contributed by atoms with Crippen LogP contribution < -0.4 is 10.1 Å². The van der Waals surface area contributed by atoms with Crippen LogP contribution in [0.15, 0.2) is 65.8 Å². The monoisotopic (exact) mass is 504 g/mol. The lowest BCUT2D eigenvalue weighted by atomic mass is 9.99. The summed E-state index contributed by atoms with van der Waals surface area (Å²) in [5, 5.41) is 13.8. The van der Waals surface area contributed by atoms with Crippen molar-refractivity contribution < 1.29 is 14.6 Å². The van der Waals surface area contributed by atoms with Gasteiger partial charge in [0.15, 0.2) is 11.6 Å². The van der Waals surface area contributed by atoms with E-state index in [2.05, 4.69) is 10.3 Å². The first kappa shape index (κ1) is 23.3. The van der Waals surface area contributed by atoms with E-state index in [1.807, 2.05) is 43.3 Å². The van der Waals surface area contributed by atoms with Gasteiger partial charge >= 0.3 is 0 Å². The fourth-order valence-electron chi connectivity index (χ4n) is 3.81. The number of hydrogen-bond donors (Lipinski definition) is 2. The number of benzene rings is 2. The number of carbonyl (C=O) groups excluding carboxylic acids is 1. The normalized spacial score (nSPS) is 11.9. The Bertz CT molecular complexity index is 1420. The lowest BCUT2D eigenvalue weighted by molar-refractivity contribution is -0.113. The number of rotatable bonds is 6. The molecule has 5 rings (SSSR count). The van der Waals surface area contributed by atoms with Gasteiger partial charge in [0.25, 0.3) is 0 Å². The minimum Gasteiger partial charge on any atom is -0.436 e. The molecule has 1 aliphatic heterocycles. The van der Waals surface area contributed by atoms with Crippen LogP contribution in [0.2, 0.25) is 5.02 Å². The maximum Gasteiger partial charge on any atom is 0.234 e. The molecule has 0 spiro atoms. The Morgan fingerprint density at radius 3 is 2.66 bits per heavy atom. The number of nitrogens with zero attached hydrogens (tertiary/aromatic N) is 3. The molecular formula is C26H21ClN4O3S. The maximum absolute atomic E-state index is 12.7. The molecule has 0 atom stereocenters. The second-order valence-corrected chi connectivity index (χ2v) is 9.30. The quantitative estimate of drug-likeness (QED) is 0.235. The van der Waals surface area contributed by atoms with Gasteiger partial charge < -0.3 is 15.2 Å². The fourth-order valence-corrected chi connectivity index (χ4v) is 4.82. The number of ether oxygens (including phenoxy) is 1. The molecule has 3 heterocycles. The second-order valence-electron chi connectivity index (χ2n) is 7.93. The summed E-state index contributed by atoms with van der Waals surface area (Å²) in [6.45, 7) is 1.71. The third-order valence-corrected chi connectivity index (χ3v) is 6.93. The van der Waals surface area contributed by atoms with Crippen LogP contribution in [0.4, 0.5) is 5.69 Å². The Labute approximate surface area is 211 Å². The number of anilines is 1. The fraction of sp³-hybridized carbons (Fsp3) is 0.154. The average molecular weight is 505 g/mol. The van der Waals surface area contributed by atoms with Crippen molar-refractivity contribution in [3.63, 3.8) is 0 Å². The Balaban J connectivity index is 1.49. The summed E-state index contributed by atoms with van der Waals surface area (Å²) in [7, 11) is 0. The zero-order valence-corrected chi connectivity index (χ0v) is 20.4. The summed E-state index contributed by atoms with van der Waals surface area (Å²) in [6, 6.07) is 16.7. The lowest BCUT2D eigenvalue weighted by Crippen LogP contribution is -2.16. The third-order valence-electron chi connectivity index (χ3n) is 5.58. The van der Waals surface area contributed by atoms with Gasteiger partial charge in [0.1, 0.15) is 5.03 Å². The summed E-state index contributed by atoms with van der Waals surface area (Å²) >= 11 is 7.48. The SMILES string of the molecule is Cc1ncc(CO)c2c1Oc1nc(-c3ccccc3)nc(SCC(=O)Nc3ccccc3Cl)c1C2. The number of nitrogens with one attached hydrogen (secondary N) is 1. The Kier molecular flexibility index (Phi) is 6.68. The molecule has 0 bridgehead atoms. The smallest absolute Gasteiger partial charge is 0.234 e. The molecule has 7 nitrogen and oxygen atoms in total. The lowest BCUT2D eigenvalue weighted by Gasteiger charge is -2.24. The highest BCUT2D eigenvalue weighted by Crippen LogP contribution is 2.42. The number of aromatic nitrogens is 3. The predicted molar refractivity (Wildman–Crippen MR) is 136 cm³/mol. The highest BCUT2D eigenvalue weighted by molar-refractivity contribution is 8.00. The first-order chi connectivity index (χ1) is 17.0. The Morgan fingerprint density at radius 1 is 1.11 bits per heavy atom. The van der Waals surface area contributed by atoms with E-state index >= 15 is 0 Å². The summed E-state index contributed by atoms with van der Waals surface area (Å²) < 4.78 is 6.22. The van der Waals surface area contributed by atoms with Gasteiger partial charge in [-0.3, -0.25) is 9.78 Å². The molecule has 0 aliphatic carbocycles. The molecule has 0 unspecified atom stereocenters. The molecule has 9 heteroatoms. The van der Waals surface area contributed by atoms with Crippen LogP contribution in [0.1, 0.15) is 22.4 Å². The van der Waals surface area contributed by atoms with Crippen molar-refractivity contribution in [1.29, 1.82) is 0 Å². The van der Waals surface area contributed by atoms with Gasteiger partial charge in [-0.25, -0.2) is 4.98 Å². The summed E-state index contributed by atoms with van der Waals surface area (Å²) in [6.07, 6.45) is 2.12. The number of carbonyl (C=O) groups is 1. The molecular weight excluding hydrogens is 484 g/mol. The van der Waals surface area contributed by atoms with Crippen molar-refractivity contribution in [3.8, 4) is 23.0 Å². The maximum atomic E-state index is 12.7. The first-order valence-electron chi connectivity index (χ1n) is 10.9. The summed E-state index contributed by atoms with van der Waals surface area (Å²) in [5.74, 6) is 1.46. The van der Waals surface area contributed by atoms with Gasteiger partial charge in [0, 0.05) is 29.3 Å². The topological polar surface area (TPSA) is 97.2 Å². The predicted octanol–water partition coefficient (Wildman–Crippen LogP) is 5.42. The zero-order chi connectivity index (χ0) is 24.4. The molecule has 35 heavy (non-hydrogen) atoms. The Hall–Kier alpha value is -3.46. The van der Waals surface area contributed by atoms with E-state index in [-0.39, 0.29) is 18.3 Å². The molecule has 0 saturated heterocycles. The van der Waals surface area contributed by atoms with Crippen molar-refractivity contribution in [2.75, 3.05) is 11.1 Å². The van der Waals surface area contributed by atoms with Crippen LogP contribution in [0.3, 0.4) is 0 Å². The summed E-state index contributed by atoms with van der Waals surface area (Å²) in [5.41, 5.74) is 4.43. The number of thioether (sulfide) groups is 1. The van der Waals surface area contributed by atoms with E-state index in [4.69, 9.17) is 26.3 Å². The van der Waals surface area contributed by atoms with Gasteiger partial charge in [-0.1, -0.05) is 65.8 Å². The van der Waals surface area contributed by atoms with Crippen LogP contribution in [-0.2, 0) is 17.8 Å². The van der Waals surface area contributed by atoms with E-state index in [0.29, 0.717) is 45.2 Å². The number of amides is 1. The average Bonchev–Trinajstić information content (AvgIpc) is 2.88. The van der Waals surface area contributed by atoms with Crippen molar-refractivity contribution in [2.24, 2.45) is 0 Å². The molecule has 1 aliphatic rings. The van der Waals surface area contributed by atoms with Crippen LogP contribution in [0.25, 0.3) is 11.4 Å². The van der Waals surface area contributed by atoms with Crippen molar-refractivity contribution in [1.82, 2.24) is 15.0 Å². The van der Waals surface area contributed by atoms with E-state index in [1.54, 1.807) is 24.4 Å². The molecule has 2 aromatic heterocycles. The van der Waals surface area contributed by atoms with E-state index in [1.165, 1.54) is 11.8 Å². The minimum absolute atomic E-state index is 0.123. The first-order valence-corrected chi connectivity index (χ1v) is 12.3. The number of fused-ring (bicyclic) bond motifs is 2. The van der Waals surface area contributed by atoms with Gasteiger partial charge in [-0.15, -0.1) is 0 Å². The molecule has 176 valence electrons. The number of aliphatic hydroxyl groups excluding tert-OH is 1. The Morgan fingerprint density at radius 2 is 1.89 bits per heavy atom. The highest BCUT2D eigenvalue weighted by atomic mass is 35.5. The molecule has 0 radical (unpaired) electrons. The van der Waals surface area contributed by atoms with Gasteiger partial charge in [-0.2, -0.15) is 4.98 Å². The molecule has 2 N–H and O–H groups in total. The largest absolute Gasteiger partial charge is 0.436 e. The van der Waals surface area contributed by atoms with Crippen molar-refractivity contribution >= 4 is 35.0 Å². The molecule has 0 fully saturated rings. The van der Waals surface area contributed by atoms with Crippen molar-refractivity contribution in [3.05, 3.63) is 88.2 Å². The van der Waals surface area contributed by atoms with Crippen molar-refractivity contribution in [2.45, 2.75) is 25.0 Å². The van der Waals surface area contributed by atoms with Crippen LogP contribution in [0.5, 0.6) is 11.6 Å². The molecule has 2 aromatic carbocycles. The zero-order valence-electron chi connectivity index (χ0n) is 18.8. The number of para-hydroxylation sites is 1. The van der Waals surface area contributed by atoms with E-state index < -0.39 is 0 Å². The number of halogens is 1. The van der Waals surface area contributed by atoms with Crippen LogP contribution >= 0.6 is 23.4 Å². The standard InChI is InChI=1S/C26H21ClN4O3S/c1-15-23-18(17(13-32)12-28-15)11-19-25(34-23)30-24(16-7-3-2-4-8-16)31-26(19)35-14-22(33)29-21-10-6-5-9-20(21)27/h2-10,12,32H,11,13-14H2,1H3,(H,29,33). The van der Waals surface area contributed by atoms with Gasteiger partial charge in [-0.05, 0) is 19.1 Å². The van der Waals surface area contributed by atoms with Crippen LogP contribution in [0, 0.1) is 6.92 Å². The number of aryl methyl sites for hydroxylation is 1. The van der Waals surface area contributed by atoms with E-state index in [0.717, 1.165) is 22.4 Å². The van der Waals surface area contributed by atoms with E-state index in [9.17, 15) is 9.90 Å². The number of hydrogen-bond acceptors (Lipinski definition) is 7. The van der Waals surface area contributed by atoms with Crippen LogP contribution in [-0.4, -0.2) is 31.7 Å². The molecule has 0 saturated carbocycles. The number of pyridine rings is 1. The molecule has 4 aromatic rings. The van der Waals surface area contributed by atoms with Gasteiger partial charge in [0.2, 0.25) is 11.8 Å².